The van der Waals surface area contributed by atoms with Gasteiger partial charge in [-0.15, -0.1) is 5.10 Å². The Morgan fingerprint density at radius 3 is 2.47 bits per heavy atom. The standard InChI is InChI=1S/C10H11N5O2/c11-9-8(15(16)17)10(12)14(13-9)6-7-4-2-1-3-5-7/h1-5H,6,12H2,(H2,11,13). The molecule has 0 atom stereocenters. The van der Waals surface area contributed by atoms with E-state index >= 15 is 0 Å². The van der Waals surface area contributed by atoms with Crippen LogP contribution in [0.4, 0.5) is 17.3 Å². The lowest BCUT2D eigenvalue weighted by molar-refractivity contribution is -0.383. The maximum atomic E-state index is 10.7. The molecule has 0 aliphatic rings. The Morgan fingerprint density at radius 2 is 1.94 bits per heavy atom. The van der Waals surface area contributed by atoms with Crippen molar-refractivity contribution in [2.45, 2.75) is 6.54 Å². The van der Waals surface area contributed by atoms with Crippen molar-refractivity contribution in [3.8, 4) is 0 Å². The Labute approximate surface area is 96.8 Å². The molecule has 1 heterocycles. The molecule has 0 fully saturated rings. The fraction of sp³-hybridized carbons (Fsp3) is 0.100. The third-order valence-electron chi connectivity index (χ3n) is 2.35. The third kappa shape index (κ3) is 2.03. The second kappa shape index (κ2) is 4.12. The van der Waals surface area contributed by atoms with Gasteiger partial charge in [0.1, 0.15) is 0 Å². The van der Waals surface area contributed by atoms with Crippen molar-refractivity contribution >= 4 is 17.3 Å². The van der Waals surface area contributed by atoms with Gasteiger partial charge in [0.05, 0.1) is 11.5 Å². The lowest BCUT2D eigenvalue weighted by Crippen LogP contribution is -2.06. The van der Waals surface area contributed by atoms with Gasteiger partial charge in [-0.3, -0.25) is 10.1 Å². The van der Waals surface area contributed by atoms with E-state index in [9.17, 15) is 10.1 Å². The van der Waals surface area contributed by atoms with Crippen LogP contribution in [0.2, 0.25) is 0 Å². The summed E-state index contributed by atoms with van der Waals surface area (Å²) in [6.45, 7) is 0.352. The molecule has 0 amide bonds. The summed E-state index contributed by atoms with van der Waals surface area (Å²) in [5, 5.41) is 14.6. The molecule has 0 aliphatic heterocycles. The van der Waals surface area contributed by atoms with Gasteiger partial charge in [-0.05, 0) is 5.56 Å². The average molecular weight is 233 g/mol. The molecule has 0 saturated heterocycles. The van der Waals surface area contributed by atoms with E-state index in [0.29, 0.717) is 6.54 Å². The summed E-state index contributed by atoms with van der Waals surface area (Å²) in [5.41, 5.74) is 11.7. The van der Waals surface area contributed by atoms with E-state index in [1.54, 1.807) is 0 Å². The van der Waals surface area contributed by atoms with Crippen molar-refractivity contribution in [3.63, 3.8) is 0 Å². The predicted molar refractivity (Wildman–Crippen MR) is 63.3 cm³/mol. The molecule has 17 heavy (non-hydrogen) atoms. The Morgan fingerprint density at radius 1 is 1.29 bits per heavy atom. The molecule has 0 bridgehead atoms. The first-order chi connectivity index (χ1) is 8.09. The molecule has 2 rings (SSSR count). The van der Waals surface area contributed by atoms with Crippen LogP contribution in [0.15, 0.2) is 30.3 Å². The summed E-state index contributed by atoms with van der Waals surface area (Å²) in [5.74, 6) is -0.195. The number of hydrogen-bond donors (Lipinski definition) is 2. The van der Waals surface area contributed by atoms with Gasteiger partial charge in [0.2, 0.25) is 11.6 Å². The van der Waals surface area contributed by atoms with E-state index in [-0.39, 0.29) is 17.3 Å². The number of hydrogen-bond acceptors (Lipinski definition) is 5. The van der Waals surface area contributed by atoms with Gasteiger partial charge in [0.15, 0.2) is 0 Å². The van der Waals surface area contributed by atoms with Crippen LogP contribution in [0.25, 0.3) is 0 Å². The SMILES string of the molecule is Nc1nn(Cc2ccccc2)c(N)c1[N+](=O)[O-]. The van der Waals surface area contributed by atoms with Crippen molar-refractivity contribution in [1.82, 2.24) is 9.78 Å². The first kappa shape index (κ1) is 10.9. The van der Waals surface area contributed by atoms with Crippen molar-refractivity contribution in [3.05, 3.63) is 46.0 Å². The quantitative estimate of drug-likeness (QED) is 0.606. The molecule has 0 unspecified atom stereocenters. The molecule has 1 aromatic carbocycles. The van der Waals surface area contributed by atoms with Crippen molar-refractivity contribution < 1.29 is 4.92 Å². The van der Waals surface area contributed by atoms with Gasteiger partial charge in [-0.2, -0.15) is 0 Å². The number of anilines is 2. The van der Waals surface area contributed by atoms with E-state index in [1.165, 1.54) is 4.68 Å². The van der Waals surface area contributed by atoms with Gasteiger partial charge in [0.25, 0.3) is 0 Å². The second-order valence-corrected chi connectivity index (χ2v) is 3.52. The predicted octanol–water partition coefficient (Wildman–Crippen LogP) is 1.00. The highest BCUT2D eigenvalue weighted by molar-refractivity contribution is 5.66. The van der Waals surface area contributed by atoms with Crippen LogP contribution >= 0.6 is 0 Å². The molecule has 0 spiro atoms. The Hall–Kier alpha value is -2.57. The zero-order valence-electron chi connectivity index (χ0n) is 8.91. The van der Waals surface area contributed by atoms with Crippen LogP contribution < -0.4 is 11.5 Å². The van der Waals surface area contributed by atoms with Crippen LogP contribution in [0, 0.1) is 10.1 Å². The summed E-state index contributed by atoms with van der Waals surface area (Å²) < 4.78 is 1.32. The van der Waals surface area contributed by atoms with Crippen LogP contribution in [-0.2, 0) is 6.54 Å². The molecule has 7 nitrogen and oxygen atoms in total. The van der Waals surface area contributed by atoms with Crippen molar-refractivity contribution in [2.75, 3.05) is 11.5 Å². The summed E-state index contributed by atoms with van der Waals surface area (Å²) in [6.07, 6.45) is 0. The van der Waals surface area contributed by atoms with Crippen LogP contribution in [-0.4, -0.2) is 14.7 Å². The zero-order valence-corrected chi connectivity index (χ0v) is 8.91. The Kier molecular flexibility index (Phi) is 2.65. The summed E-state index contributed by atoms with van der Waals surface area (Å²) in [7, 11) is 0. The number of nitrogens with two attached hydrogens (primary N) is 2. The third-order valence-corrected chi connectivity index (χ3v) is 2.35. The van der Waals surface area contributed by atoms with Gasteiger partial charge in [-0.25, -0.2) is 4.68 Å². The average Bonchev–Trinajstić information content (AvgIpc) is 2.55. The number of rotatable bonds is 3. The minimum Gasteiger partial charge on any atom is -0.378 e. The minimum absolute atomic E-state index is 0.0312. The highest BCUT2D eigenvalue weighted by Gasteiger charge is 2.23. The smallest absolute Gasteiger partial charge is 0.354 e. The van der Waals surface area contributed by atoms with Crippen molar-refractivity contribution in [2.24, 2.45) is 0 Å². The number of benzene rings is 1. The zero-order chi connectivity index (χ0) is 12.4. The maximum Gasteiger partial charge on any atom is 0.354 e. The largest absolute Gasteiger partial charge is 0.378 e. The molecule has 2 aromatic rings. The van der Waals surface area contributed by atoms with E-state index in [1.807, 2.05) is 30.3 Å². The van der Waals surface area contributed by atoms with Crippen molar-refractivity contribution in [1.29, 1.82) is 0 Å². The molecule has 88 valence electrons. The summed E-state index contributed by atoms with van der Waals surface area (Å²) in [4.78, 5) is 10.1. The highest BCUT2D eigenvalue weighted by Crippen LogP contribution is 2.28. The van der Waals surface area contributed by atoms with E-state index in [0.717, 1.165) is 5.56 Å². The van der Waals surface area contributed by atoms with Gasteiger partial charge in [-0.1, -0.05) is 30.3 Å². The number of nitrogen functional groups attached to an aromatic ring is 2. The Bertz CT molecular complexity index is 549. The van der Waals surface area contributed by atoms with Crippen LogP contribution in [0.3, 0.4) is 0 Å². The first-order valence-electron chi connectivity index (χ1n) is 4.89. The van der Waals surface area contributed by atoms with E-state index < -0.39 is 4.92 Å². The van der Waals surface area contributed by atoms with Gasteiger partial charge < -0.3 is 11.5 Å². The molecule has 0 radical (unpaired) electrons. The maximum absolute atomic E-state index is 10.7. The molecular weight excluding hydrogens is 222 g/mol. The first-order valence-corrected chi connectivity index (χ1v) is 4.89. The normalized spacial score (nSPS) is 10.4. The fourth-order valence-corrected chi connectivity index (χ4v) is 1.55. The molecule has 1 aromatic heterocycles. The molecule has 4 N–H and O–H groups in total. The van der Waals surface area contributed by atoms with Gasteiger partial charge in [0, 0.05) is 0 Å². The molecular formula is C10H11N5O2. The molecule has 7 heteroatoms. The second-order valence-electron chi connectivity index (χ2n) is 3.52. The van der Waals surface area contributed by atoms with E-state index in [2.05, 4.69) is 5.10 Å². The lowest BCUT2D eigenvalue weighted by Gasteiger charge is -2.02. The lowest BCUT2D eigenvalue weighted by atomic mass is 10.2. The number of nitrogens with zero attached hydrogens (tertiary/aromatic N) is 3. The van der Waals surface area contributed by atoms with E-state index in [4.69, 9.17) is 11.5 Å². The topological polar surface area (TPSA) is 113 Å². The summed E-state index contributed by atoms with van der Waals surface area (Å²) in [6, 6.07) is 9.37. The number of nitro groups is 1. The summed E-state index contributed by atoms with van der Waals surface area (Å²) >= 11 is 0. The molecule has 0 saturated carbocycles. The van der Waals surface area contributed by atoms with Crippen LogP contribution in [0.1, 0.15) is 5.56 Å². The van der Waals surface area contributed by atoms with Crippen LogP contribution in [0.5, 0.6) is 0 Å². The monoisotopic (exact) mass is 233 g/mol. The number of aromatic nitrogens is 2. The van der Waals surface area contributed by atoms with Gasteiger partial charge >= 0.3 is 5.69 Å². The minimum atomic E-state index is -0.626. The Balaban J connectivity index is 2.35. The highest BCUT2D eigenvalue weighted by atomic mass is 16.6. The fourth-order valence-electron chi connectivity index (χ4n) is 1.55. The molecule has 0 aliphatic carbocycles.